The first-order chi connectivity index (χ1) is 6.77. The van der Waals surface area contributed by atoms with Gasteiger partial charge in [-0.1, -0.05) is 6.07 Å². The van der Waals surface area contributed by atoms with Crippen LogP contribution in [0, 0.1) is 0 Å². The zero-order chi connectivity index (χ0) is 9.97. The van der Waals surface area contributed by atoms with E-state index in [2.05, 4.69) is 9.97 Å². The molecule has 0 atom stereocenters. The summed E-state index contributed by atoms with van der Waals surface area (Å²) >= 11 is 0. The minimum atomic E-state index is -0.966. The molecule has 0 fully saturated rings. The molecule has 4 nitrogen and oxygen atoms in total. The molecule has 2 aromatic rings. The second-order valence-electron chi connectivity index (χ2n) is 2.82. The molecule has 2 aromatic heterocycles. The van der Waals surface area contributed by atoms with Gasteiger partial charge in [0.25, 0.3) is 0 Å². The fourth-order valence-electron chi connectivity index (χ4n) is 1.20. The summed E-state index contributed by atoms with van der Waals surface area (Å²) in [6.07, 6.45) is 3.30. The summed E-state index contributed by atoms with van der Waals surface area (Å²) in [4.78, 5) is 17.4. The maximum absolute atomic E-state index is 10.6. The first-order valence-electron chi connectivity index (χ1n) is 4.10. The molecule has 0 aliphatic heterocycles. The van der Waals surface area contributed by atoms with Gasteiger partial charge in [-0.2, -0.15) is 0 Å². The largest absolute Gasteiger partial charge is 0.477 e. The number of H-pyrrole nitrogens is 1. The van der Waals surface area contributed by atoms with Crippen LogP contribution in [0.2, 0.25) is 0 Å². The lowest BCUT2D eigenvalue weighted by atomic mass is 10.2. The van der Waals surface area contributed by atoms with Crippen molar-refractivity contribution in [3.8, 4) is 11.3 Å². The molecule has 4 heteroatoms. The molecule has 0 radical (unpaired) electrons. The Morgan fingerprint density at radius 2 is 2.29 bits per heavy atom. The van der Waals surface area contributed by atoms with E-state index in [4.69, 9.17) is 5.11 Å². The number of nitrogens with one attached hydrogen (secondary N) is 1. The standard InChI is InChI=1S/C10H8N2O2/c13-10(14)9-5-7(6-12-9)8-3-1-2-4-11-8/h1-6,12H,(H,13,14). The smallest absolute Gasteiger partial charge is 0.352 e. The third-order valence-electron chi connectivity index (χ3n) is 1.87. The van der Waals surface area contributed by atoms with Crippen LogP contribution in [-0.4, -0.2) is 21.0 Å². The maximum Gasteiger partial charge on any atom is 0.352 e. The summed E-state index contributed by atoms with van der Waals surface area (Å²) in [5.74, 6) is -0.966. The molecule has 0 saturated carbocycles. The van der Waals surface area contributed by atoms with E-state index in [1.165, 1.54) is 0 Å². The van der Waals surface area contributed by atoms with Gasteiger partial charge in [0.1, 0.15) is 5.69 Å². The van der Waals surface area contributed by atoms with Crippen molar-refractivity contribution in [3.63, 3.8) is 0 Å². The average molecular weight is 188 g/mol. The molecule has 70 valence electrons. The van der Waals surface area contributed by atoms with Crippen LogP contribution < -0.4 is 0 Å². The highest BCUT2D eigenvalue weighted by Crippen LogP contribution is 2.16. The van der Waals surface area contributed by atoms with E-state index in [1.54, 1.807) is 18.5 Å². The number of aromatic nitrogens is 2. The number of hydrogen-bond donors (Lipinski definition) is 2. The molecule has 0 spiro atoms. The molecular weight excluding hydrogens is 180 g/mol. The summed E-state index contributed by atoms with van der Waals surface area (Å²) in [7, 11) is 0. The van der Waals surface area contributed by atoms with Gasteiger partial charge in [0.15, 0.2) is 0 Å². The molecule has 0 aliphatic rings. The number of pyridine rings is 1. The second kappa shape index (κ2) is 3.33. The van der Waals surface area contributed by atoms with Crippen LogP contribution in [-0.2, 0) is 0 Å². The minimum absolute atomic E-state index is 0.172. The molecule has 0 unspecified atom stereocenters. The maximum atomic E-state index is 10.6. The number of rotatable bonds is 2. The summed E-state index contributed by atoms with van der Waals surface area (Å²) < 4.78 is 0. The van der Waals surface area contributed by atoms with Gasteiger partial charge >= 0.3 is 5.97 Å². The molecule has 0 bridgehead atoms. The predicted molar refractivity (Wildman–Crippen MR) is 51.0 cm³/mol. The van der Waals surface area contributed by atoms with Crippen molar-refractivity contribution < 1.29 is 9.90 Å². The Kier molecular flexibility index (Phi) is 2.02. The number of carboxylic acids is 1. The lowest BCUT2D eigenvalue weighted by Crippen LogP contribution is -1.94. The number of carbonyl (C=O) groups is 1. The third-order valence-corrected chi connectivity index (χ3v) is 1.87. The van der Waals surface area contributed by atoms with E-state index in [1.807, 2.05) is 18.2 Å². The summed E-state index contributed by atoms with van der Waals surface area (Å²) in [6, 6.07) is 7.06. The molecule has 2 rings (SSSR count). The fourth-order valence-corrected chi connectivity index (χ4v) is 1.20. The van der Waals surface area contributed by atoms with Crippen LogP contribution in [0.25, 0.3) is 11.3 Å². The molecule has 14 heavy (non-hydrogen) atoms. The van der Waals surface area contributed by atoms with Crippen LogP contribution >= 0.6 is 0 Å². The Morgan fingerprint density at radius 1 is 1.43 bits per heavy atom. The van der Waals surface area contributed by atoms with Crippen LogP contribution in [0.5, 0.6) is 0 Å². The van der Waals surface area contributed by atoms with Gasteiger partial charge in [0.05, 0.1) is 5.69 Å². The Hall–Kier alpha value is -2.10. The van der Waals surface area contributed by atoms with Crippen LogP contribution in [0.4, 0.5) is 0 Å². The summed E-state index contributed by atoms with van der Waals surface area (Å²) in [5, 5.41) is 8.69. The summed E-state index contributed by atoms with van der Waals surface area (Å²) in [5.41, 5.74) is 1.71. The number of hydrogen-bond acceptors (Lipinski definition) is 2. The Labute approximate surface area is 80.2 Å². The molecule has 0 amide bonds. The molecule has 0 aromatic carbocycles. The highest BCUT2D eigenvalue weighted by atomic mass is 16.4. The van der Waals surface area contributed by atoms with Gasteiger partial charge in [-0.05, 0) is 18.2 Å². The number of aromatic amines is 1. The topological polar surface area (TPSA) is 66.0 Å². The minimum Gasteiger partial charge on any atom is -0.477 e. The summed E-state index contributed by atoms with van der Waals surface area (Å²) in [6.45, 7) is 0. The van der Waals surface area contributed by atoms with Crippen molar-refractivity contribution in [2.75, 3.05) is 0 Å². The van der Waals surface area contributed by atoms with Crippen molar-refractivity contribution >= 4 is 5.97 Å². The quantitative estimate of drug-likeness (QED) is 0.754. The molecule has 0 aliphatic carbocycles. The molecule has 2 heterocycles. The SMILES string of the molecule is O=C(O)c1cc(-c2ccccn2)c[nH]1. The Bertz CT molecular complexity index is 448. The highest BCUT2D eigenvalue weighted by molar-refractivity contribution is 5.87. The highest BCUT2D eigenvalue weighted by Gasteiger charge is 2.07. The van der Waals surface area contributed by atoms with Gasteiger partial charge in [0, 0.05) is 18.0 Å². The average Bonchev–Trinajstić information content (AvgIpc) is 2.68. The van der Waals surface area contributed by atoms with Gasteiger partial charge in [0.2, 0.25) is 0 Å². The number of aromatic carboxylic acids is 1. The van der Waals surface area contributed by atoms with Crippen molar-refractivity contribution in [2.45, 2.75) is 0 Å². The van der Waals surface area contributed by atoms with Gasteiger partial charge in [-0.25, -0.2) is 4.79 Å². The van der Waals surface area contributed by atoms with E-state index in [0.717, 1.165) is 11.3 Å². The molecule has 0 saturated heterocycles. The first kappa shape index (κ1) is 8.50. The van der Waals surface area contributed by atoms with Gasteiger partial charge in [-0.15, -0.1) is 0 Å². The molecular formula is C10H8N2O2. The van der Waals surface area contributed by atoms with Crippen molar-refractivity contribution in [1.82, 2.24) is 9.97 Å². The number of carboxylic acid groups (broad SMARTS) is 1. The van der Waals surface area contributed by atoms with E-state index < -0.39 is 5.97 Å². The zero-order valence-electron chi connectivity index (χ0n) is 7.27. The van der Waals surface area contributed by atoms with E-state index >= 15 is 0 Å². The third kappa shape index (κ3) is 1.50. The normalized spacial score (nSPS) is 10.0. The lowest BCUT2D eigenvalue weighted by molar-refractivity contribution is 0.0691. The van der Waals surface area contributed by atoms with Crippen molar-refractivity contribution in [1.29, 1.82) is 0 Å². The van der Waals surface area contributed by atoms with E-state index in [-0.39, 0.29) is 5.69 Å². The number of nitrogens with zero attached hydrogens (tertiary/aromatic N) is 1. The predicted octanol–water partition coefficient (Wildman–Crippen LogP) is 1.77. The lowest BCUT2D eigenvalue weighted by Gasteiger charge is -1.92. The Morgan fingerprint density at radius 3 is 2.86 bits per heavy atom. The van der Waals surface area contributed by atoms with Gasteiger partial charge in [-0.3, -0.25) is 4.98 Å². The first-order valence-corrected chi connectivity index (χ1v) is 4.10. The fraction of sp³-hybridized carbons (Fsp3) is 0. The van der Waals surface area contributed by atoms with Gasteiger partial charge < -0.3 is 10.1 Å². The zero-order valence-corrected chi connectivity index (χ0v) is 7.27. The van der Waals surface area contributed by atoms with E-state index in [9.17, 15) is 4.79 Å². The van der Waals surface area contributed by atoms with Crippen LogP contribution in [0.3, 0.4) is 0 Å². The second-order valence-corrected chi connectivity index (χ2v) is 2.82. The van der Waals surface area contributed by atoms with Crippen molar-refractivity contribution in [3.05, 3.63) is 42.4 Å². The van der Waals surface area contributed by atoms with Crippen LogP contribution in [0.15, 0.2) is 36.7 Å². The Balaban J connectivity index is 2.39. The monoisotopic (exact) mass is 188 g/mol. The molecule has 2 N–H and O–H groups in total. The van der Waals surface area contributed by atoms with Crippen molar-refractivity contribution in [2.24, 2.45) is 0 Å². The van der Waals surface area contributed by atoms with Crippen LogP contribution in [0.1, 0.15) is 10.5 Å². The van der Waals surface area contributed by atoms with E-state index in [0.29, 0.717) is 0 Å².